The molecule has 18 nitrogen and oxygen atoms in total. The van der Waals surface area contributed by atoms with Crippen LogP contribution < -0.4 is 0 Å². The Balaban J connectivity index is 0.000000356. The zero-order valence-electron chi connectivity index (χ0n) is 48.7. The molecule has 0 unspecified atom stereocenters. The van der Waals surface area contributed by atoms with Crippen molar-refractivity contribution in [3.63, 3.8) is 0 Å². The van der Waals surface area contributed by atoms with Gasteiger partial charge < -0.3 is 38.3 Å². The molecule has 4 heterocycles. The summed E-state index contributed by atoms with van der Waals surface area (Å²) >= 11 is 3.86. The van der Waals surface area contributed by atoms with Crippen molar-refractivity contribution in [1.29, 1.82) is 0 Å². The summed E-state index contributed by atoms with van der Waals surface area (Å²) in [5.41, 5.74) is 2.91. The molecule has 0 atom stereocenters. The number of halogens is 6. The Hall–Kier alpha value is -5.82. The summed E-state index contributed by atoms with van der Waals surface area (Å²) in [6.45, 7) is 13.7. The number of para-hydroxylation sites is 8. The van der Waals surface area contributed by atoms with Gasteiger partial charge in [0, 0.05) is 62.6 Å². The molecule has 0 bridgehead atoms. The summed E-state index contributed by atoms with van der Waals surface area (Å²) in [7, 11) is -3.73. The average Bonchev–Trinajstić information content (AvgIpc) is 2.45. The van der Waals surface area contributed by atoms with Gasteiger partial charge in [-0.1, -0.05) is 83.9 Å². The van der Waals surface area contributed by atoms with Gasteiger partial charge in [0.25, 0.3) is 0 Å². The Bertz CT molecular complexity index is 3720. The number of imidazole rings is 4. The van der Waals surface area contributed by atoms with Crippen LogP contribution in [0, 0.1) is 27.7 Å². The molecule has 88 heavy (non-hydrogen) atoms. The van der Waals surface area contributed by atoms with Gasteiger partial charge in [-0.25, -0.2) is 36.8 Å². The first-order valence-corrected chi connectivity index (χ1v) is 30.8. The topological polar surface area (TPSA) is 252 Å². The second-order valence-electron chi connectivity index (χ2n) is 19.8. The first-order chi connectivity index (χ1) is 39.5. The van der Waals surface area contributed by atoms with Crippen molar-refractivity contribution in [2.45, 2.75) is 74.7 Å². The zero-order chi connectivity index (χ0) is 61.3. The molecule has 2 radical (unpaired) electrons. The minimum atomic E-state index is -6.09. The fraction of sp³-hybridized carbons (Fsp3) is 0.310. The van der Waals surface area contributed by atoms with E-state index in [1.165, 1.54) is 54.1 Å². The normalized spacial score (nSPS) is 11.7. The first kappa shape index (κ1) is 76.4. The minimum absolute atomic E-state index is 0. The summed E-state index contributed by atoms with van der Waals surface area (Å²) in [5, 5.41) is 0. The van der Waals surface area contributed by atoms with E-state index in [1.54, 1.807) is 0 Å². The molecule has 30 heteroatoms. The van der Waals surface area contributed by atoms with Crippen LogP contribution in [-0.4, -0.2) is 121 Å². The van der Waals surface area contributed by atoms with Crippen LogP contribution in [0.3, 0.4) is 0 Å². The fourth-order valence-corrected chi connectivity index (χ4v) is 11.1. The molecule has 0 fully saturated rings. The molecule has 2 N–H and O–H groups in total. The van der Waals surface area contributed by atoms with Gasteiger partial charge in [0.05, 0.1) is 70.3 Å². The molecule has 0 saturated heterocycles. The standard InChI is InChI=1S/2C28H31N5S.2CHF3O3S.2Cu.2H2O/c2*1-20-13-14-26(21(2)17-20)34-16-15-33(18-27-29-22-9-5-7-11-24(22)31(27)3)19-28-30-23-10-6-8-12-25(23)32(28)4;2*2-1(3,4)8(5,6)7;;;;/h2*5-14,17H,15-16,18-19H2,1-4H3;2*(H,5,6,7);;;2*1H2/q;;;;2*+2;;/p-4. The SMILES string of the molecule is Cc1ccc(SCCN(Cc2nc3ccccc3n2C)Cc2nc3ccccc3n2C)c(C)c1.Cc1ccc(SCCN(Cc2nc3ccccc3n2C)Cc2nc3ccccc3n2C)c(C)c1.O=S(=O)([O-])C(F)(F)F.O=S(=O)([O-])C(F)(F)F.[Cu+2].[Cu+2].[OH-].[OH-]. The van der Waals surface area contributed by atoms with E-state index in [0.717, 1.165) is 96.1 Å². The molecule has 10 rings (SSSR count). The summed E-state index contributed by atoms with van der Waals surface area (Å²) < 4.78 is 127. The molecule has 0 aliphatic heterocycles. The number of thioether (sulfide) groups is 2. The largest absolute Gasteiger partial charge is 2.00 e. The van der Waals surface area contributed by atoms with Crippen LogP contribution in [0.25, 0.3) is 44.1 Å². The number of aromatic nitrogens is 8. The molecule has 6 aromatic carbocycles. The number of aryl methyl sites for hydroxylation is 8. The van der Waals surface area contributed by atoms with Crippen LogP contribution in [-0.2, 0) is 109 Å². The van der Waals surface area contributed by atoms with E-state index in [-0.39, 0.29) is 45.1 Å². The molecule has 0 amide bonds. The Morgan fingerprint density at radius 3 is 0.864 bits per heavy atom. The maximum atomic E-state index is 10.7. The number of alkyl halides is 6. The van der Waals surface area contributed by atoms with Gasteiger partial charge in [0.2, 0.25) is 0 Å². The Morgan fingerprint density at radius 1 is 0.432 bits per heavy atom. The second-order valence-corrected chi connectivity index (χ2v) is 24.8. The average molecular weight is 1400 g/mol. The van der Waals surface area contributed by atoms with Crippen LogP contribution in [0.4, 0.5) is 26.3 Å². The maximum Gasteiger partial charge on any atom is 2.00 e. The third-order valence-electron chi connectivity index (χ3n) is 13.5. The molecule has 0 aliphatic rings. The van der Waals surface area contributed by atoms with Gasteiger partial charge in [-0.05, 0) is 99.5 Å². The van der Waals surface area contributed by atoms with E-state index in [0.29, 0.717) is 0 Å². The van der Waals surface area contributed by atoms with Crippen molar-refractivity contribution < 1.29 is 97.4 Å². The number of benzene rings is 6. The number of hydrogen-bond acceptors (Lipinski definition) is 16. The van der Waals surface area contributed by atoms with Crippen LogP contribution in [0.1, 0.15) is 45.6 Å². The molecule has 0 aliphatic carbocycles. The Labute approximate surface area is 536 Å². The summed E-state index contributed by atoms with van der Waals surface area (Å²) in [4.78, 5) is 27.4. The van der Waals surface area contributed by atoms with Crippen molar-refractivity contribution in [3.8, 4) is 0 Å². The van der Waals surface area contributed by atoms with Crippen LogP contribution in [0.5, 0.6) is 0 Å². The number of fused-ring (bicyclic) bond motifs is 4. The van der Waals surface area contributed by atoms with E-state index in [9.17, 15) is 26.3 Å². The van der Waals surface area contributed by atoms with E-state index >= 15 is 0 Å². The molecular formula is C58H64Cu2F6N10O8S4. The quantitative estimate of drug-likeness (QED) is 0.0286. The Morgan fingerprint density at radius 2 is 0.659 bits per heavy atom. The molecular weight excluding hydrogens is 1330 g/mol. The van der Waals surface area contributed by atoms with Crippen molar-refractivity contribution in [1.82, 2.24) is 48.0 Å². The predicted octanol–water partition coefficient (Wildman–Crippen LogP) is 11.5. The molecule has 0 spiro atoms. The van der Waals surface area contributed by atoms with Gasteiger partial charge in [-0.3, -0.25) is 9.80 Å². The molecule has 10 aromatic rings. The van der Waals surface area contributed by atoms with E-state index in [1.807, 2.05) is 23.5 Å². The van der Waals surface area contributed by atoms with E-state index in [2.05, 4.69) is 217 Å². The third-order valence-corrected chi connectivity index (χ3v) is 17.0. The zero-order valence-corrected chi connectivity index (χ0v) is 53.8. The van der Waals surface area contributed by atoms with Crippen LogP contribution in [0.15, 0.2) is 143 Å². The number of hydrogen-bond donors (Lipinski definition) is 0. The van der Waals surface area contributed by atoms with Gasteiger partial charge in [0.1, 0.15) is 23.3 Å². The molecule has 4 aromatic heterocycles. The summed E-state index contributed by atoms with van der Waals surface area (Å²) in [6.07, 6.45) is 0. The predicted molar refractivity (Wildman–Crippen MR) is 320 cm³/mol. The van der Waals surface area contributed by atoms with Gasteiger partial charge >= 0.3 is 45.2 Å². The van der Waals surface area contributed by atoms with Crippen molar-refractivity contribution in [2.24, 2.45) is 28.2 Å². The van der Waals surface area contributed by atoms with Crippen molar-refractivity contribution in [2.75, 3.05) is 24.6 Å². The van der Waals surface area contributed by atoms with Gasteiger partial charge in [0.15, 0.2) is 20.2 Å². The number of nitrogens with zero attached hydrogens (tertiary/aromatic N) is 10. The van der Waals surface area contributed by atoms with E-state index < -0.39 is 31.3 Å². The monoisotopic (exact) mass is 1400 g/mol. The van der Waals surface area contributed by atoms with Crippen LogP contribution >= 0.6 is 23.5 Å². The van der Waals surface area contributed by atoms with Gasteiger partial charge in [-0.15, -0.1) is 23.5 Å². The van der Waals surface area contributed by atoms with E-state index in [4.69, 9.17) is 45.9 Å². The van der Waals surface area contributed by atoms with Crippen molar-refractivity contribution >= 4 is 87.9 Å². The van der Waals surface area contributed by atoms with Gasteiger partial charge in [-0.2, -0.15) is 26.3 Å². The molecule has 0 saturated carbocycles. The third kappa shape index (κ3) is 20.1. The Kier molecular flexibility index (Phi) is 28.5. The first-order valence-electron chi connectivity index (χ1n) is 26.0. The maximum absolute atomic E-state index is 10.7. The smallest absolute Gasteiger partial charge is 0.870 e. The second kappa shape index (κ2) is 32.8. The van der Waals surface area contributed by atoms with Crippen molar-refractivity contribution in [3.05, 3.63) is 179 Å². The fourth-order valence-electron chi connectivity index (χ4n) is 9.07. The minimum Gasteiger partial charge on any atom is -0.870 e. The molecule has 482 valence electrons. The summed E-state index contributed by atoms with van der Waals surface area (Å²) in [6, 6.07) is 46.8. The van der Waals surface area contributed by atoms with Crippen LogP contribution in [0.2, 0.25) is 0 Å². The summed E-state index contributed by atoms with van der Waals surface area (Å²) in [5.74, 6) is 6.34. The number of rotatable bonds is 16.